The third-order valence-corrected chi connectivity index (χ3v) is 4.32. The van der Waals surface area contributed by atoms with E-state index in [-0.39, 0.29) is 10.8 Å². The van der Waals surface area contributed by atoms with E-state index in [1.54, 1.807) is 24.0 Å². The maximum Gasteiger partial charge on any atom is 0.175 e. The number of likely N-dealkylation sites (tertiary alicyclic amines) is 1. The van der Waals surface area contributed by atoms with Gasteiger partial charge in [-0.05, 0) is 55.9 Å². The van der Waals surface area contributed by atoms with Gasteiger partial charge in [-0.3, -0.25) is 0 Å². The highest BCUT2D eigenvalue weighted by Crippen LogP contribution is 2.28. The Balaban J connectivity index is 2.29. The van der Waals surface area contributed by atoms with Gasteiger partial charge in [-0.15, -0.1) is 0 Å². The van der Waals surface area contributed by atoms with Crippen LogP contribution in [0, 0.1) is 0 Å². The highest BCUT2D eigenvalue weighted by atomic mass is 32.2. The third-order valence-electron chi connectivity index (χ3n) is 3.44. The molecule has 1 aromatic carbocycles. The van der Waals surface area contributed by atoms with Crippen molar-refractivity contribution < 1.29 is 15.3 Å². The fourth-order valence-electron chi connectivity index (χ4n) is 2.55. The molecule has 3 nitrogen and oxygen atoms in total. The summed E-state index contributed by atoms with van der Waals surface area (Å²) in [5.74, 6) is -0.00729. The number of nitrogens with zero attached hydrogens (tertiary/aromatic N) is 1. The minimum atomic E-state index is -4.37. The quantitative estimate of drug-likeness (QED) is 0.854. The number of hydrogen-bond acceptors (Lipinski definition) is 3. The average Bonchev–Trinajstić information content (AvgIpc) is 2.54. The van der Waals surface area contributed by atoms with Crippen LogP contribution in [0.4, 0.5) is 0 Å². The van der Waals surface area contributed by atoms with Gasteiger partial charge in [0.1, 0.15) is 0 Å². The van der Waals surface area contributed by atoms with Crippen LogP contribution < -0.4 is 0 Å². The molecule has 0 bridgehead atoms. The number of rotatable bonds is 4. The molecular weight excluding hydrogens is 258 g/mol. The van der Waals surface area contributed by atoms with E-state index in [1.165, 1.54) is 12.1 Å². The Morgan fingerprint density at radius 3 is 3.11 bits per heavy atom. The summed E-state index contributed by atoms with van der Waals surface area (Å²) in [7, 11) is -4.37. The normalized spacial score (nSPS) is 26.8. The predicted molar refractivity (Wildman–Crippen MR) is 78.3 cm³/mol. The Kier molecular flexibility index (Phi) is 2.91. The lowest BCUT2D eigenvalue weighted by Gasteiger charge is -2.32. The highest BCUT2D eigenvalue weighted by molar-refractivity contribution is 7.90. The molecule has 1 fully saturated rings. The molecular formula is C15H23NO2S. The molecule has 0 unspecified atom stereocenters. The van der Waals surface area contributed by atoms with Crippen molar-refractivity contribution in [3.8, 4) is 0 Å². The van der Waals surface area contributed by atoms with E-state index in [2.05, 4.69) is 0 Å². The Morgan fingerprint density at radius 1 is 1.53 bits per heavy atom. The molecule has 1 aromatic rings. The summed E-state index contributed by atoms with van der Waals surface area (Å²) in [6, 6.07) is 6.07. The second kappa shape index (κ2) is 6.06. The molecule has 0 saturated carbocycles. The molecule has 0 radical (unpaired) electrons. The molecule has 2 rings (SSSR count). The minimum Gasteiger partial charge on any atom is -0.303 e. The third kappa shape index (κ3) is 3.80. The molecule has 1 atom stereocenters. The van der Waals surface area contributed by atoms with Crippen LogP contribution in [0.15, 0.2) is 29.2 Å². The van der Waals surface area contributed by atoms with Crippen LogP contribution in [-0.2, 0) is 9.84 Å². The van der Waals surface area contributed by atoms with Gasteiger partial charge in [-0.25, -0.2) is 8.42 Å². The molecule has 106 valence electrons. The number of benzene rings is 1. The van der Waals surface area contributed by atoms with E-state index in [1.807, 2.05) is 0 Å². The van der Waals surface area contributed by atoms with Crippen LogP contribution in [0.25, 0.3) is 0 Å². The van der Waals surface area contributed by atoms with Crippen LogP contribution in [0.1, 0.15) is 44.5 Å². The molecule has 1 saturated heterocycles. The number of piperidine rings is 1. The molecule has 0 N–H and O–H groups in total. The van der Waals surface area contributed by atoms with Gasteiger partial charge < -0.3 is 4.90 Å². The van der Waals surface area contributed by atoms with Gasteiger partial charge in [0.25, 0.3) is 0 Å². The van der Waals surface area contributed by atoms with Crippen molar-refractivity contribution in [2.75, 3.05) is 25.8 Å². The predicted octanol–water partition coefficient (Wildman–Crippen LogP) is 2.68. The number of sulfone groups is 1. The summed E-state index contributed by atoms with van der Waals surface area (Å²) in [5, 5.41) is 0. The van der Waals surface area contributed by atoms with Gasteiger partial charge >= 0.3 is 0 Å². The van der Waals surface area contributed by atoms with Crippen molar-refractivity contribution in [1.82, 2.24) is 4.90 Å². The van der Waals surface area contributed by atoms with E-state index in [4.69, 9.17) is 6.85 Å². The van der Waals surface area contributed by atoms with Gasteiger partial charge in [-0.2, -0.15) is 0 Å². The van der Waals surface area contributed by atoms with E-state index in [9.17, 15) is 8.42 Å². The van der Waals surface area contributed by atoms with Gasteiger partial charge in [0.05, 0.1) is 4.90 Å². The lowest BCUT2D eigenvalue weighted by molar-refractivity contribution is 0.208. The SMILES string of the molecule is [2H]C([2H])(CC)N1CCC[C@@H](c2cccc(S(=O)(=O)C([2H])([2H])[2H])c2)C1. The monoisotopic (exact) mass is 286 g/mol. The van der Waals surface area contributed by atoms with Gasteiger partial charge in [0, 0.05) is 19.6 Å². The summed E-state index contributed by atoms with van der Waals surface area (Å²) < 4.78 is 62.0. The maximum atomic E-state index is 12.1. The smallest absolute Gasteiger partial charge is 0.175 e. The molecule has 19 heavy (non-hydrogen) atoms. The molecule has 0 amide bonds. The maximum absolute atomic E-state index is 12.1. The van der Waals surface area contributed by atoms with Crippen molar-refractivity contribution in [3.05, 3.63) is 29.8 Å². The Morgan fingerprint density at radius 2 is 2.37 bits per heavy atom. The Hall–Kier alpha value is -0.870. The first-order valence-corrected chi connectivity index (χ1v) is 8.07. The average molecular weight is 286 g/mol. The molecule has 1 aliphatic heterocycles. The van der Waals surface area contributed by atoms with E-state index in [0.29, 0.717) is 19.5 Å². The van der Waals surface area contributed by atoms with Crippen LogP contribution in [0.5, 0.6) is 0 Å². The zero-order chi connectivity index (χ0) is 18.2. The van der Waals surface area contributed by atoms with Gasteiger partial charge in [-0.1, -0.05) is 19.1 Å². The second-order valence-corrected chi connectivity index (χ2v) is 6.35. The lowest BCUT2D eigenvalue weighted by Crippen LogP contribution is -2.34. The van der Waals surface area contributed by atoms with Gasteiger partial charge in [0.2, 0.25) is 0 Å². The summed E-state index contributed by atoms with van der Waals surface area (Å²) in [5.41, 5.74) is 0.747. The first-order valence-electron chi connectivity index (χ1n) is 9.08. The Labute approximate surface area is 123 Å². The van der Waals surface area contributed by atoms with Gasteiger partial charge in [0.15, 0.2) is 9.84 Å². The van der Waals surface area contributed by atoms with E-state index in [0.717, 1.165) is 18.4 Å². The zero-order valence-electron chi connectivity index (χ0n) is 16.1. The van der Waals surface area contributed by atoms with E-state index >= 15 is 0 Å². The number of hydrogen-bond donors (Lipinski definition) is 0. The van der Waals surface area contributed by atoms with Crippen LogP contribution in [0.2, 0.25) is 0 Å². The standard InChI is InChI=1S/C15H23NO2S/c1-3-9-16-10-5-7-14(12-16)13-6-4-8-15(11-13)19(2,17)18/h4,6,8,11,14H,3,5,7,9-10,12H2,1-2H3/t14-/m1/s1/i2D3,9D2. The second-order valence-electron chi connectivity index (χ2n) is 4.87. The largest absolute Gasteiger partial charge is 0.303 e. The highest BCUT2D eigenvalue weighted by Gasteiger charge is 2.21. The first-order chi connectivity index (χ1) is 11.0. The Bertz CT molecular complexity index is 687. The van der Waals surface area contributed by atoms with Crippen LogP contribution >= 0.6 is 0 Å². The van der Waals surface area contributed by atoms with Crippen molar-refractivity contribution in [3.63, 3.8) is 0 Å². The van der Waals surface area contributed by atoms with Crippen molar-refractivity contribution in [2.45, 2.75) is 37.0 Å². The summed E-state index contributed by atoms with van der Waals surface area (Å²) in [6.45, 7) is 1.58. The van der Waals surface area contributed by atoms with E-state index < -0.39 is 22.5 Å². The van der Waals surface area contributed by atoms with Crippen molar-refractivity contribution >= 4 is 9.84 Å². The summed E-state index contributed by atoms with van der Waals surface area (Å²) in [4.78, 5) is 1.59. The first kappa shape index (κ1) is 9.14. The molecule has 1 aliphatic rings. The molecule has 1 heterocycles. The topological polar surface area (TPSA) is 37.4 Å². The summed E-state index contributed by atoms with van der Waals surface area (Å²) in [6.07, 6.45) is -1.05. The fraction of sp³-hybridized carbons (Fsp3) is 0.600. The van der Waals surface area contributed by atoms with Crippen LogP contribution in [-0.4, -0.2) is 39.1 Å². The lowest BCUT2D eigenvalue weighted by atomic mass is 9.90. The van der Waals surface area contributed by atoms with Crippen molar-refractivity contribution in [2.24, 2.45) is 0 Å². The zero-order valence-corrected chi connectivity index (χ0v) is 11.9. The fourth-order valence-corrected chi connectivity index (χ4v) is 3.10. The minimum absolute atomic E-state index is 0.00729. The molecule has 0 spiro atoms. The molecule has 0 aliphatic carbocycles. The molecule has 4 heteroatoms. The van der Waals surface area contributed by atoms with Crippen LogP contribution in [0.3, 0.4) is 0 Å². The molecule has 0 aromatic heterocycles. The van der Waals surface area contributed by atoms with Crippen molar-refractivity contribution in [1.29, 1.82) is 0 Å². The summed E-state index contributed by atoms with van der Waals surface area (Å²) >= 11 is 0.